The Morgan fingerprint density at radius 3 is 2.22 bits per heavy atom. The smallest absolute Gasteiger partial charge is 0.264 e. The number of amides is 2. The Labute approximate surface area is 252 Å². The number of nitrogens with zero attached hydrogens (tertiary/aromatic N) is 2. The molecule has 0 saturated carbocycles. The second-order valence-electron chi connectivity index (χ2n) is 10.5. The standard InChI is InChI=1S/C30H35Cl2N3O5S/c1-6-27(29(37)33-30(2,3)4)34(19-21-15-16-25(31)26(32)17-21)28(36)20-35(22-11-10-12-23(18-22)40-5)41(38,39)24-13-8-7-9-14-24/h7-18,27H,6,19-20H2,1-5H3,(H,33,37)/t27-/m1/s1. The van der Waals surface area contributed by atoms with Crippen molar-refractivity contribution in [1.29, 1.82) is 0 Å². The van der Waals surface area contributed by atoms with Crippen molar-refractivity contribution in [3.05, 3.63) is 88.4 Å². The zero-order valence-corrected chi connectivity index (χ0v) is 26.1. The Morgan fingerprint density at radius 1 is 0.951 bits per heavy atom. The maximum absolute atomic E-state index is 14.1. The summed E-state index contributed by atoms with van der Waals surface area (Å²) in [5.74, 6) is -0.506. The van der Waals surface area contributed by atoms with Gasteiger partial charge in [0.15, 0.2) is 0 Å². The van der Waals surface area contributed by atoms with Gasteiger partial charge in [-0.05, 0) is 69.2 Å². The number of nitrogens with one attached hydrogen (secondary N) is 1. The number of rotatable bonds is 11. The third-order valence-electron chi connectivity index (χ3n) is 6.17. The van der Waals surface area contributed by atoms with Gasteiger partial charge in [0.1, 0.15) is 18.3 Å². The van der Waals surface area contributed by atoms with Crippen LogP contribution in [-0.4, -0.2) is 50.4 Å². The number of carbonyl (C=O) groups excluding carboxylic acids is 2. The van der Waals surface area contributed by atoms with Crippen LogP contribution in [0.2, 0.25) is 10.0 Å². The van der Waals surface area contributed by atoms with Gasteiger partial charge in [-0.3, -0.25) is 13.9 Å². The summed E-state index contributed by atoms with van der Waals surface area (Å²) < 4.78 is 34.1. The van der Waals surface area contributed by atoms with Gasteiger partial charge in [0.2, 0.25) is 11.8 Å². The zero-order chi connectivity index (χ0) is 30.4. The Balaban J connectivity index is 2.09. The molecule has 0 spiro atoms. The first-order valence-corrected chi connectivity index (χ1v) is 15.2. The van der Waals surface area contributed by atoms with E-state index >= 15 is 0 Å². The molecule has 0 unspecified atom stereocenters. The molecule has 3 rings (SSSR count). The molecule has 0 aliphatic heterocycles. The SMILES string of the molecule is CC[C@H](C(=O)NC(C)(C)C)N(Cc1ccc(Cl)c(Cl)c1)C(=O)CN(c1cccc(OC)c1)S(=O)(=O)c1ccccc1. The Kier molecular flexibility index (Phi) is 10.7. The van der Waals surface area contributed by atoms with Crippen molar-refractivity contribution in [2.24, 2.45) is 0 Å². The number of anilines is 1. The van der Waals surface area contributed by atoms with Crippen molar-refractivity contribution in [3.8, 4) is 5.75 Å². The van der Waals surface area contributed by atoms with Crippen molar-refractivity contribution >= 4 is 50.7 Å². The molecule has 0 aliphatic rings. The average molecular weight is 621 g/mol. The second-order valence-corrected chi connectivity index (χ2v) is 13.1. The molecule has 2 amide bonds. The fourth-order valence-corrected chi connectivity index (χ4v) is 5.97. The minimum Gasteiger partial charge on any atom is -0.497 e. The summed E-state index contributed by atoms with van der Waals surface area (Å²) >= 11 is 12.3. The molecule has 3 aromatic rings. The maximum atomic E-state index is 14.1. The predicted molar refractivity (Wildman–Crippen MR) is 163 cm³/mol. The highest BCUT2D eigenvalue weighted by atomic mass is 35.5. The van der Waals surface area contributed by atoms with Crippen LogP contribution >= 0.6 is 23.2 Å². The highest BCUT2D eigenvalue weighted by Crippen LogP contribution is 2.28. The number of hydrogen-bond acceptors (Lipinski definition) is 5. The molecule has 0 saturated heterocycles. The molecule has 0 heterocycles. The van der Waals surface area contributed by atoms with Crippen LogP contribution in [-0.2, 0) is 26.2 Å². The summed E-state index contributed by atoms with van der Waals surface area (Å²) in [7, 11) is -2.71. The first-order chi connectivity index (χ1) is 19.3. The van der Waals surface area contributed by atoms with E-state index in [0.717, 1.165) is 4.31 Å². The van der Waals surface area contributed by atoms with Gasteiger partial charge in [-0.2, -0.15) is 0 Å². The monoisotopic (exact) mass is 619 g/mol. The van der Waals surface area contributed by atoms with Crippen molar-refractivity contribution in [2.75, 3.05) is 18.0 Å². The Morgan fingerprint density at radius 2 is 1.63 bits per heavy atom. The van der Waals surface area contributed by atoms with Crippen LogP contribution in [0.4, 0.5) is 5.69 Å². The quantitative estimate of drug-likeness (QED) is 0.287. The molecule has 0 aromatic heterocycles. The van der Waals surface area contributed by atoms with Crippen LogP contribution in [0.5, 0.6) is 5.75 Å². The molecule has 0 fully saturated rings. The predicted octanol–water partition coefficient (Wildman–Crippen LogP) is 5.92. The van der Waals surface area contributed by atoms with E-state index in [-0.39, 0.29) is 23.0 Å². The largest absolute Gasteiger partial charge is 0.497 e. The third kappa shape index (κ3) is 8.38. The van der Waals surface area contributed by atoms with Crippen LogP contribution in [0.25, 0.3) is 0 Å². The first kappa shape index (κ1) is 32.2. The van der Waals surface area contributed by atoms with Crippen LogP contribution in [0.15, 0.2) is 77.7 Å². The number of sulfonamides is 1. The number of methoxy groups -OCH3 is 1. The van der Waals surface area contributed by atoms with Gasteiger partial charge >= 0.3 is 0 Å². The molecule has 3 aromatic carbocycles. The average Bonchev–Trinajstić information content (AvgIpc) is 2.92. The number of benzene rings is 3. The van der Waals surface area contributed by atoms with E-state index < -0.39 is 34.1 Å². The van der Waals surface area contributed by atoms with E-state index in [9.17, 15) is 18.0 Å². The van der Waals surface area contributed by atoms with Gasteiger partial charge in [0.05, 0.1) is 27.7 Å². The number of ether oxygens (including phenoxy) is 1. The van der Waals surface area contributed by atoms with E-state index in [1.807, 2.05) is 20.8 Å². The third-order valence-corrected chi connectivity index (χ3v) is 8.70. The van der Waals surface area contributed by atoms with E-state index in [4.69, 9.17) is 27.9 Å². The molecule has 11 heteroatoms. The summed E-state index contributed by atoms with van der Waals surface area (Å²) in [6.07, 6.45) is 0.291. The van der Waals surface area contributed by atoms with Crippen molar-refractivity contribution in [2.45, 2.75) is 57.1 Å². The van der Waals surface area contributed by atoms with Crippen molar-refractivity contribution < 1.29 is 22.7 Å². The molecular formula is C30H35Cl2N3O5S. The van der Waals surface area contributed by atoms with Crippen LogP contribution < -0.4 is 14.4 Å². The van der Waals surface area contributed by atoms with Gasteiger partial charge in [-0.25, -0.2) is 8.42 Å². The van der Waals surface area contributed by atoms with E-state index in [1.165, 1.54) is 24.1 Å². The molecule has 1 N–H and O–H groups in total. The highest BCUT2D eigenvalue weighted by Gasteiger charge is 2.34. The van der Waals surface area contributed by atoms with Gasteiger partial charge in [-0.1, -0.05) is 60.5 Å². The Bertz CT molecular complexity index is 1480. The summed E-state index contributed by atoms with van der Waals surface area (Å²) in [4.78, 5) is 28.9. The lowest BCUT2D eigenvalue weighted by atomic mass is 10.1. The topological polar surface area (TPSA) is 96.0 Å². The second kappa shape index (κ2) is 13.6. The lowest BCUT2D eigenvalue weighted by molar-refractivity contribution is -0.141. The van der Waals surface area contributed by atoms with Gasteiger partial charge in [0, 0.05) is 18.2 Å². The molecule has 0 radical (unpaired) electrons. The maximum Gasteiger partial charge on any atom is 0.264 e. The van der Waals surface area contributed by atoms with Gasteiger partial charge in [0.25, 0.3) is 10.0 Å². The van der Waals surface area contributed by atoms with E-state index in [0.29, 0.717) is 27.8 Å². The molecule has 41 heavy (non-hydrogen) atoms. The molecule has 0 bridgehead atoms. The fourth-order valence-electron chi connectivity index (χ4n) is 4.22. The Hall–Kier alpha value is -3.27. The number of halogens is 2. The highest BCUT2D eigenvalue weighted by molar-refractivity contribution is 7.92. The molecule has 1 atom stereocenters. The van der Waals surface area contributed by atoms with Crippen LogP contribution in [0.1, 0.15) is 39.7 Å². The first-order valence-electron chi connectivity index (χ1n) is 13.0. The zero-order valence-electron chi connectivity index (χ0n) is 23.7. The summed E-state index contributed by atoms with van der Waals surface area (Å²) in [5.41, 5.74) is 0.323. The summed E-state index contributed by atoms with van der Waals surface area (Å²) in [6.45, 7) is 6.77. The minimum absolute atomic E-state index is 0.00310. The lowest BCUT2D eigenvalue weighted by Crippen LogP contribution is -2.55. The number of carbonyl (C=O) groups is 2. The minimum atomic E-state index is -4.18. The van der Waals surface area contributed by atoms with Crippen LogP contribution in [0, 0.1) is 0 Å². The van der Waals surface area contributed by atoms with E-state index in [2.05, 4.69) is 5.32 Å². The van der Waals surface area contributed by atoms with Crippen molar-refractivity contribution in [1.82, 2.24) is 10.2 Å². The molecule has 0 aliphatic carbocycles. The summed E-state index contributed by atoms with van der Waals surface area (Å²) in [5, 5.41) is 3.59. The molecule has 220 valence electrons. The normalized spacial score (nSPS) is 12.4. The fraction of sp³-hybridized carbons (Fsp3) is 0.333. The van der Waals surface area contributed by atoms with Gasteiger partial charge in [-0.15, -0.1) is 0 Å². The van der Waals surface area contributed by atoms with Crippen LogP contribution in [0.3, 0.4) is 0 Å². The molecular weight excluding hydrogens is 585 g/mol. The number of hydrogen-bond donors (Lipinski definition) is 1. The molecule has 8 nitrogen and oxygen atoms in total. The lowest BCUT2D eigenvalue weighted by Gasteiger charge is -2.35. The van der Waals surface area contributed by atoms with Gasteiger partial charge < -0.3 is 15.0 Å². The van der Waals surface area contributed by atoms with E-state index in [1.54, 1.807) is 67.6 Å². The van der Waals surface area contributed by atoms with Crippen molar-refractivity contribution in [3.63, 3.8) is 0 Å². The summed E-state index contributed by atoms with van der Waals surface area (Å²) in [6, 6.07) is 18.4.